The quantitative estimate of drug-likeness (QED) is 0.161. The van der Waals surface area contributed by atoms with E-state index in [4.69, 9.17) is 0 Å². The lowest BCUT2D eigenvalue weighted by Crippen LogP contribution is -2.08. The molecule has 4 aromatic carbocycles. The first-order valence-electron chi connectivity index (χ1n) is 12.1. The highest BCUT2D eigenvalue weighted by molar-refractivity contribution is 5.88. The monoisotopic (exact) mass is 518 g/mol. The molecule has 0 atom stereocenters. The van der Waals surface area contributed by atoms with E-state index in [-0.39, 0.29) is 29.4 Å². The van der Waals surface area contributed by atoms with Gasteiger partial charge in [-0.2, -0.15) is 13.2 Å². The molecule has 0 amide bonds. The summed E-state index contributed by atoms with van der Waals surface area (Å²) in [6.45, 7) is 2.05. The van der Waals surface area contributed by atoms with Crippen molar-refractivity contribution in [2.24, 2.45) is 0 Å². The summed E-state index contributed by atoms with van der Waals surface area (Å²) < 4.78 is 97.0. The highest BCUT2D eigenvalue weighted by Crippen LogP contribution is 2.33. The third-order valence-corrected chi connectivity index (χ3v) is 6.52. The average molecular weight is 519 g/mol. The number of benzene rings is 4. The SMILES string of the molecule is CCCCCc1cc(F)c(-c2ccc3c(F)c(CCc4ccc(C(F)(F)F)c(F)c4)ccc3c2)c(F)c1. The van der Waals surface area contributed by atoms with Crippen LogP contribution in [0.4, 0.5) is 30.7 Å². The van der Waals surface area contributed by atoms with Gasteiger partial charge in [-0.15, -0.1) is 0 Å². The summed E-state index contributed by atoms with van der Waals surface area (Å²) in [5.74, 6) is -3.26. The summed E-state index contributed by atoms with van der Waals surface area (Å²) in [7, 11) is 0. The standard InChI is InChI=1S/C30H25F7/c1-2-3-4-5-19-15-26(32)28(27(33)16-19)22-11-12-23-21(17-22)10-9-20(29(23)34)8-6-18-7-13-24(25(31)14-18)30(35,36)37/h7,9-17H,2-6,8H2,1H3. The number of aryl methyl sites for hydroxylation is 3. The number of hydrogen-bond donors (Lipinski definition) is 0. The Bertz CT molecular complexity index is 1400. The van der Waals surface area contributed by atoms with Gasteiger partial charge in [0.25, 0.3) is 0 Å². The summed E-state index contributed by atoms with van der Waals surface area (Å²) in [6, 6.07) is 12.9. The average Bonchev–Trinajstić information content (AvgIpc) is 2.82. The van der Waals surface area contributed by atoms with E-state index >= 15 is 4.39 Å². The zero-order chi connectivity index (χ0) is 26.7. The molecule has 4 rings (SSSR count). The Labute approximate surface area is 210 Å². The minimum atomic E-state index is -4.78. The summed E-state index contributed by atoms with van der Waals surface area (Å²) in [6.07, 6.45) is -1.09. The molecule has 4 aromatic rings. The first-order chi connectivity index (χ1) is 17.6. The van der Waals surface area contributed by atoms with Gasteiger partial charge >= 0.3 is 6.18 Å². The molecule has 0 nitrogen and oxygen atoms in total. The van der Waals surface area contributed by atoms with Crippen LogP contribution >= 0.6 is 0 Å². The van der Waals surface area contributed by atoms with Gasteiger partial charge in [-0.25, -0.2) is 17.6 Å². The van der Waals surface area contributed by atoms with Crippen LogP contribution in [0.1, 0.15) is 48.4 Å². The fourth-order valence-electron chi connectivity index (χ4n) is 4.53. The van der Waals surface area contributed by atoms with Gasteiger partial charge in [0.2, 0.25) is 0 Å². The van der Waals surface area contributed by atoms with E-state index in [1.54, 1.807) is 6.07 Å². The molecule has 194 valence electrons. The second-order valence-corrected chi connectivity index (χ2v) is 9.18. The van der Waals surface area contributed by atoms with Gasteiger partial charge < -0.3 is 0 Å². The lowest BCUT2D eigenvalue weighted by Gasteiger charge is -2.12. The fraction of sp³-hybridized carbons (Fsp3) is 0.267. The molecule has 0 bridgehead atoms. The molecular weight excluding hydrogens is 493 g/mol. The van der Waals surface area contributed by atoms with Crippen molar-refractivity contribution in [2.45, 2.75) is 51.6 Å². The van der Waals surface area contributed by atoms with Crippen molar-refractivity contribution in [1.82, 2.24) is 0 Å². The van der Waals surface area contributed by atoms with Gasteiger partial charge in [0.05, 0.1) is 11.1 Å². The van der Waals surface area contributed by atoms with Gasteiger partial charge in [0, 0.05) is 5.39 Å². The second-order valence-electron chi connectivity index (χ2n) is 9.18. The molecule has 0 heterocycles. The highest BCUT2D eigenvalue weighted by Gasteiger charge is 2.33. The van der Waals surface area contributed by atoms with Crippen LogP contribution in [0.25, 0.3) is 21.9 Å². The molecule has 0 unspecified atom stereocenters. The van der Waals surface area contributed by atoms with Gasteiger partial charge in [-0.05, 0) is 83.7 Å². The molecular formula is C30H25F7. The minimum Gasteiger partial charge on any atom is -0.206 e. The van der Waals surface area contributed by atoms with Crippen LogP contribution in [0.5, 0.6) is 0 Å². The maximum Gasteiger partial charge on any atom is 0.419 e. The number of alkyl halides is 3. The molecule has 0 N–H and O–H groups in total. The van der Waals surface area contributed by atoms with E-state index < -0.39 is 35.0 Å². The van der Waals surface area contributed by atoms with Crippen LogP contribution in [0.3, 0.4) is 0 Å². The molecule has 37 heavy (non-hydrogen) atoms. The van der Waals surface area contributed by atoms with Crippen molar-refractivity contribution in [3.8, 4) is 11.1 Å². The zero-order valence-electron chi connectivity index (χ0n) is 20.2. The molecule has 0 aliphatic carbocycles. The Kier molecular flexibility index (Phi) is 7.90. The van der Waals surface area contributed by atoms with Crippen LogP contribution < -0.4 is 0 Å². The van der Waals surface area contributed by atoms with Crippen molar-refractivity contribution in [2.75, 3.05) is 0 Å². The van der Waals surface area contributed by atoms with E-state index in [2.05, 4.69) is 6.92 Å². The molecule has 0 saturated heterocycles. The molecule has 0 fully saturated rings. The van der Waals surface area contributed by atoms with Gasteiger partial charge in [-0.1, -0.05) is 50.1 Å². The maximum atomic E-state index is 15.2. The van der Waals surface area contributed by atoms with E-state index in [0.717, 1.165) is 25.3 Å². The van der Waals surface area contributed by atoms with Crippen molar-refractivity contribution in [3.63, 3.8) is 0 Å². The van der Waals surface area contributed by atoms with Crippen LogP contribution in [-0.4, -0.2) is 0 Å². The van der Waals surface area contributed by atoms with E-state index in [9.17, 15) is 26.3 Å². The lowest BCUT2D eigenvalue weighted by atomic mass is 9.95. The smallest absolute Gasteiger partial charge is 0.206 e. The van der Waals surface area contributed by atoms with Gasteiger partial charge in [0.1, 0.15) is 23.3 Å². The Morgan fingerprint density at radius 1 is 0.649 bits per heavy atom. The molecule has 0 radical (unpaired) electrons. The van der Waals surface area contributed by atoms with Crippen LogP contribution in [0, 0.1) is 23.3 Å². The zero-order valence-corrected chi connectivity index (χ0v) is 20.2. The van der Waals surface area contributed by atoms with Gasteiger partial charge in [0.15, 0.2) is 0 Å². The summed E-state index contributed by atoms with van der Waals surface area (Å²) in [5, 5.41) is 0.696. The van der Waals surface area contributed by atoms with Crippen molar-refractivity contribution < 1.29 is 30.7 Å². The number of hydrogen-bond acceptors (Lipinski definition) is 0. The predicted molar refractivity (Wildman–Crippen MR) is 131 cm³/mol. The van der Waals surface area contributed by atoms with E-state index in [1.165, 1.54) is 42.5 Å². The highest BCUT2D eigenvalue weighted by atomic mass is 19.4. The van der Waals surface area contributed by atoms with E-state index in [0.29, 0.717) is 34.6 Å². The number of rotatable bonds is 8. The number of halogens is 7. The molecule has 0 aromatic heterocycles. The second kappa shape index (κ2) is 11.0. The minimum absolute atomic E-state index is 0.136. The van der Waals surface area contributed by atoms with Crippen LogP contribution in [0.15, 0.2) is 60.7 Å². The molecule has 0 saturated carbocycles. The summed E-state index contributed by atoms with van der Waals surface area (Å²) in [5.41, 5.74) is -0.0247. The summed E-state index contributed by atoms with van der Waals surface area (Å²) >= 11 is 0. The largest absolute Gasteiger partial charge is 0.419 e. The third kappa shape index (κ3) is 5.97. The van der Waals surface area contributed by atoms with Crippen molar-refractivity contribution >= 4 is 10.8 Å². The van der Waals surface area contributed by atoms with Gasteiger partial charge in [-0.3, -0.25) is 0 Å². The van der Waals surface area contributed by atoms with Crippen molar-refractivity contribution in [1.29, 1.82) is 0 Å². The third-order valence-electron chi connectivity index (χ3n) is 6.52. The first kappa shape index (κ1) is 26.7. The normalized spacial score (nSPS) is 11.9. The Hall–Kier alpha value is -3.35. The lowest BCUT2D eigenvalue weighted by molar-refractivity contribution is -0.140. The van der Waals surface area contributed by atoms with Crippen LogP contribution in [0.2, 0.25) is 0 Å². The molecule has 0 spiro atoms. The van der Waals surface area contributed by atoms with E-state index in [1.807, 2.05) is 0 Å². The summed E-state index contributed by atoms with van der Waals surface area (Å²) in [4.78, 5) is 0. The first-order valence-corrected chi connectivity index (χ1v) is 12.1. The van der Waals surface area contributed by atoms with Crippen LogP contribution in [-0.2, 0) is 25.4 Å². The number of fused-ring (bicyclic) bond motifs is 1. The topological polar surface area (TPSA) is 0 Å². The fourth-order valence-corrected chi connectivity index (χ4v) is 4.53. The molecule has 0 aliphatic heterocycles. The predicted octanol–water partition coefficient (Wildman–Crippen LogP) is 9.60. The Balaban J connectivity index is 1.55. The Morgan fingerprint density at radius 2 is 1.35 bits per heavy atom. The molecule has 7 heteroatoms. The number of unbranched alkanes of at least 4 members (excludes halogenated alkanes) is 2. The Morgan fingerprint density at radius 3 is 2.00 bits per heavy atom. The molecule has 0 aliphatic rings. The maximum absolute atomic E-state index is 15.2. The van der Waals surface area contributed by atoms with Crippen molar-refractivity contribution in [3.05, 3.63) is 106 Å².